The second-order valence-electron chi connectivity index (χ2n) is 10.1. The predicted molar refractivity (Wildman–Crippen MR) is 171 cm³/mol. The van der Waals surface area contributed by atoms with E-state index in [0.29, 0.717) is 47.0 Å². The van der Waals surface area contributed by atoms with Crippen LogP contribution in [0.25, 0.3) is 6.08 Å². The Morgan fingerprint density at radius 1 is 0.891 bits per heavy atom. The summed E-state index contributed by atoms with van der Waals surface area (Å²) in [5.41, 5.74) is 2.77. The fourth-order valence-electron chi connectivity index (χ4n) is 4.75. The van der Waals surface area contributed by atoms with E-state index in [4.69, 9.17) is 14.2 Å². The molecular weight excluding hydrogens is 590 g/mol. The Morgan fingerprint density at radius 2 is 1.57 bits per heavy atom. The Hall–Kier alpha value is -6.23. The van der Waals surface area contributed by atoms with Crippen molar-refractivity contribution >= 4 is 35.3 Å². The summed E-state index contributed by atoms with van der Waals surface area (Å²) in [6.45, 7) is 4.26. The summed E-state index contributed by atoms with van der Waals surface area (Å²) in [7, 11) is 1.45. The van der Waals surface area contributed by atoms with Crippen LogP contribution in [0, 0.1) is 10.1 Å². The lowest BCUT2D eigenvalue weighted by atomic mass is 10.0. The molecule has 0 aromatic heterocycles. The third-order valence-electron chi connectivity index (χ3n) is 7.02. The van der Waals surface area contributed by atoms with Gasteiger partial charge in [0.1, 0.15) is 24.5 Å². The van der Waals surface area contributed by atoms with E-state index in [-0.39, 0.29) is 23.6 Å². The number of allylic oxidation sites excluding steroid dienone is 1. The van der Waals surface area contributed by atoms with Crippen molar-refractivity contribution in [3.63, 3.8) is 0 Å². The molecule has 5 rings (SSSR count). The molecule has 0 spiro atoms. The minimum atomic E-state index is -0.870. The summed E-state index contributed by atoms with van der Waals surface area (Å²) in [5, 5.41) is 13.2. The van der Waals surface area contributed by atoms with Crippen LogP contribution < -0.4 is 24.4 Å². The maximum Gasteiger partial charge on any atom is 0.335 e. The van der Waals surface area contributed by atoms with Crippen LogP contribution in [-0.2, 0) is 29.2 Å². The highest BCUT2D eigenvalue weighted by Gasteiger charge is 2.37. The van der Waals surface area contributed by atoms with Gasteiger partial charge in [-0.05, 0) is 77.7 Å². The second-order valence-corrected chi connectivity index (χ2v) is 10.1. The lowest BCUT2D eigenvalue weighted by Gasteiger charge is -2.26. The number of hydrogen-bond acceptors (Lipinski definition) is 8. The smallest absolute Gasteiger partial charge is 0.335 e. The van der Waals surface area contributed by atoms with E-state index < -0.39 is 22.8 Å². The van der Waals surface area contributed by atoms with Crippen LogP contribution in [0.5, 0.6) is 17.2 Å². The molecule has 232 valence electrons. The molecule has 1 aliphatic heterocycles. The molecule has 1 aliphatic rings. The molecule has 11 heteroatoms. The largest absolute Gasteiger partial charge is 0.493 e. The Balaban J connectivity index is 1.37. The number of nitrogens with zero attached hydrogens (tertiary/aromatic N) is 2. The molecule has 1 saturated heterocycles. The number of ether oxygens (including phenoxy) is 3. The zero-order chi connectivity index (χ0) is 32.6. The Morgan fingerprint density at radius 3 is 2.22 bits per heavy atom. The summed E-state index contributed by atoms with van der Waals surface area (Å²) in [5.74, 6) is -0.349. The zero-order valence-corrected chi connectivity index (χ0v) is 24.8. The van der Waals surface area contributed by atoms with E-state index >= 15 is 0 Å². The first-order chi connectivity index (χ1) is 22.3. The number of hydrogen-bond donors (Lipinski definition) is 1. The third kappa shape index (κ3) is 7.11. The number of imide groups is 2. The first kappa shape index (κ1) is 31.2. The summed E-state index contributed by atoms with van der Waals surface area (Å²) in [4.78, 5) is 50.5. The lowest BCUT2D eigenvalue weighted by molar-refractivity contribution is -0.384. The summed E-state index contributed by atoms with van der Waals surface area (Å²) < 4.78 is 17.4. The number of methoxy groups -OCH3 is 1. The second kappa shape index (κ2) is 14.0. The number of benzene rings is 4. The average molecular weight is 620 g/mol. The SMILES string of the molecule is C=CCc1cc(/C=C2\C(=O)NC(=O)N(c3ccc(OCc4ccccc4)cc3)C2=O)cc(OC)c1OCc1ccc([N+](=O)[O-])cc1. The molecule has 0 radical (unpaired) electrons. The van der Waals surface area contributed by atoms with Crippen LogP contribution in [0.3, 0.4) is 0 Å². The number of nitro groups is 1. The fourth-order valence-corrected chi connectivity index (χ4v) is 4.75. The molecule has 1 fully saturated rings. The highest BCUT2D eigenvalue weighted by atomic mass is 16.6. The Kier molecular flexibility index (Phi) is 9.52. The van der Waals surface area contributed by atoms with Crippen LogP contribution in [0.2, 0.25) is 0 Å². The predicted octanol–water partition coefficient (Wildman–Crippen LogP) is 6.16. The van der Waals surface area contributed by atoms with Crippen molar-refractivity contribution in [3.8, 4) is 17.2 Å². The zero-order valence-electron chi connectivity index (χ0n) is 24.8. The van der Waals surface area contributed by atoms with Crippen molar-refractivity contribution in [1.82, 2.24) is 5.32 Å². The monoisotopic (exact) mass is 619 g/mol. The van der Waals surface area contributed by atoms with Crippen molar-refractivity contribution < 1.29 is 33.5 Å². The number of amides is 4. The molecule has 0 bridgehead atoms. The quantitative estimate of drug-likeness (QED) is 0.0655. The molecule has 0 atom stereocenters. The molecule has 0 unspecified atom stereocenters. The van der Waals surface area contributed by atoms with Crippen LogP contribution >= 0.6 is 0 Å². The Bertz CT molecular complexity index is 1820. The maximum absolute atomic E-state index is 13.5. The Labute approximate surface area is 264 Å². The standard InChI is InChI=1S/C35H29N3O8/c1-3-7-26-18-25(20-31(44-2)32(26)46-22-24-10-12-28(13-11-24)38(42)43)19-30-33(39)36-35(41)37(34(30)40)27-14-16-29(17-15-27)45-21-23-8-5-4-6-9-23/h3-6,8-20H,1,7,21-22H2,2H3,(H,36,39,41)/b30-19+. The molecule has 46 heavy (non-hydrogen) atoms. The van der Waals surface area contributed by atoms with Crippen LogP contribution in [0.1, 0.15) is 22.3 Å². The molecule has 4 aromatic carbocycles. The minimum Gasteiger partial charge on any atom is -0.493 e. The van der Waals surface area contributed by atoms with Gasteiger partial charge in [-0.3, -0.25) is 25.0 Å². The first-order valence-electron chi connectivity index (χ1n) is 14.1. The van der Waals surface area contributed by atoms with Gasteiger partial charge in [-0.1, -0.05) is 36.4 Å². The number of carbonyl (C=O) groups is 3. The maximum atomic E-state index is 13.5. The fraction of sp³-hybridized carbons (Fsp3) is 0.114. The number of nitrogens with one attached hydrogen (secondary N) is 1. The highest BCUT2D eigenvalue weighted by Crippen LogP contribution is 2.35. The molecule has 1 N–H and O–H groups in total. The summed E-state index contributed by atoms with van der Waals surface area (Å²) in [6.07, 6.45) is 3.41. The number of barbiturate groups is 1. The number of nitro benzene ring substituents is 1. The summed E-state index contributed by atoms with van der Waals surface area (Å²) in [6, 6.07) is 24.5. The molecular formula is C35H29N3O8. The van der Waals surface area contributed by atoms with Gasteiger partial charge in [0, 0.05) is 17.7 Å². The van der Waals surface area contributed by atoms with Crippen molar-refractivity contribution in [2.24, 2.45) is 0 Å². The van der Waals surface area contributed by atoms with Crippen LogP contribution in [-0.4, -0.2) is 29.9 Å². The topological polar surface area (TPSA) is 137 Å². The van der Waals surface area contributed by atoms with Crippen LogP contribution in [0.4, 0.5) is 16.2 Å². The average Bonchev–Trinajstić information content (AvgIpc) is 3.06. The number of rotatable bonds is 12. The van der Waals surface area contributed by atoms with E-state index in [0.717, 1.165) is 10.5 Å². The third-order valence-corrected chi connectivity index (χ3v) is 7.02. The van der Waals surface area contributed by atoms with Crippen LogP contribution in [0.15, 0.2) is 109 Å². The van der Waals surface area contributed by atoms with Gasteiger partial charge in [-0.2, -0.15) is 0 Å². The van der Waals surface area contributed by atoms with Gasteiger partial charge in [0.05, 0.1) is 17.7 Å². The highest BCUT2D eigenvalue weighted by molar-refractivity contribution is 6.39. The van der Waals surface area contributed by atoms with E-state index in [1.165, 1.54) is 25.3 Å². The van der Waals surface area contributed by atoms with Crippen molar-refractivity contribution in [1.29, 1.82) is 0 Å². The molecule has 0 saturated carbocycles. The van der Waals surface area contributed by atoms with E-state index in [2.05, 4.69) is 11.9 Å². The van der Waals surface area contributed by atoms with Gasteiger partial charge >= 0.3 is 6.03 Å². The van der Waals surface area contributed by atoms with Gasteiger partial charge in [-0.15, -0.1) is 6.58 Å². The molecule has 4 aromatic rings. The van der Waals surface area contributed by atoms with Gasteiger partial charge in [0.25, 0.3) is 17.5 Å². The molecule has 4 amide bonds. The van der Waals surface area contributed by atoms with Gasteiger partial charge in [0.2, 0.25) is 0 Å². The normalized spacial score (nSPS) is 13.7. The number of urea groups is 1. The molecule has 0 aliphatic carbocycles. The van der Waals surface area contributed by atoms with E-state index in [1.54, 1.807) is 54.6 Å². The summed E-state index contributed by atoms with van der Waals surface area (Å²) >= 11 is 0. The number of anilines is 1. The number of carbonyl (C=O) groups excluding carboxylic acids is 3. The number of non-ortho nitro benzene ring substituents is 1. The lowest BCUT2D eigenvalue weighted by Crippen LogP contribution is -2.54. The van der Waals surface area contributed by atoms with Gasteiger partial charge in [0.15, 0.2) is 11.5 Å². The molecule has 11 nitrogen and oxygen atoms in total. The van der Waals surface area contributed by atoms with Crippen molar-refractivity contribution in [2.45, 2.75) is 19.6 Å². The van der Waals surface area contributed by atoms with E-state index in [9.17, 15) is 24.5 Å². The van der Waals surface area contributed by atoms with Crippen molar-refractivity contribution in [2.75, 3.05) is 12.0 Å². The van der Waals surface area contributed by atoms with Gasteiger partial charge in [-0.25, -0.2) is 9.69 Å². The first-order valence-corrected chi connectivity index (χ1v) is 14.1. The molecule has 1 heterocycles. The minimum absolute atomic E-state index is 0.0301. The van der Waals surface area contributed by atoms with Crippen molar-refractivity contribution in [3.05, 3.63) is 142 Å². The van der Waals surface area contributed by atoms with E-state index in [1.807, 2.05) is 30.3 Å². The van der Waals surface area contributed by atoms with Gasteiger partial charge < -0.3 is 14.2 Å².